The highest BCUT2D eigenvalue weighted by molar-refractivity contribution is 7.09. The molecule has 0 saturated heterocycles. The normalized spacial score (nSPS) is 10.1. The highest BCUT2D eigenvalue weighted by Gasteiger charge is 2.11. The first-order valence-corrected chi connectivity index (χ1v) is 8.76. The molecule has 0 atom stereocenters. The molecule has 1 aromatic heterocycles. The Hall–Kier alpha value is -3.44. The second-order valence-electron chi connectivity index (χ2n) is 5.29. The third kappa shape index (κ3) is 5.26. The van der Waals surface area contributed by atoms with Crippen LogP contribution in [0.25, 0.3) is 0 Å². The van der Waals surface area contributed by atoms with Gasteiger partial charge < -0.3 is 14.8 Å². The number of amides is 1. The number of carbonyl (C=O) groups excluding carboxylic acids is 1. The summed E-state index contributed by atoms with van der Waals surface area (Å²) in [5.74, 6) is 0.393. The summed E-state index contributed by atoms with van der Waals surface area (Å²) in [5, 5.41) is 13.5. The minimum Gasteiger partial charge on any atom is -0.486 e. The first kappa shape index (κ1) is 18.4. The third-order valence-electron chi connectivity index (χ3n) is 3.38. The highest BCUT2D eigenvalue weighted by Crippen LogP contribution is 2.18. The quantitative estimate of drug-likeness (QED) is 0.666. The van der Waals surface area contributed by atoms with Crippen LogP contribution in [0.3, 0.4) is 0 Å². The summed E-state index contributed by atoms with van der Waals surface area (Å²) in [4.78, 5) is 16.5. The number of ether oxygens (including phenoxy) is 2. The lowest BCUT2D eigenvalue weighted by atomic mass is 10.3. The highest BCUT2D eigenvalue weighted by atomic mass is 32.1. The van der Waals surface area contributed by atoms with Crippen LogP contribution >= 0.6 is 11.3 Å². The minimum atomic E-state index is -0.343. The fourth-order valence-electron chi connectivity index (χ4n) is 2.10. The van der Waals surface area contributed by atoms with E-state index >= 15 is 0 Å². The van der Waals surface area contributed by atoms with Crippen LogP contribution in [0.5, 0.6) is 11.5 Å². The van der Waals surface area contributed by atoms with Crippen molar-refractivity contribution in [2.45, 2.75) is 6.61 Å². The van der Waals surface area contributed by atoms with Crippen LogP contribution in [0, 0.1) is 17.1 Å². The number of hydrogen-bond donors (Lipinski definition) is 1. The van der Waals surface area contributed by atoms with Crippen molar-refractivity contribution in [3.8, 4) is 17.6 Å². The van der Waals surface area contributed by atoms with Crippen molar-refractivity contribution in [3.63, 3.8) is 0 Å². The van der Waals surface area contributed by atoms with E-state index in [1.165, 1.54) is 35.6 Å². The molecule has 0 spiro atoms. The van der Waals surface area contributed by atoms with Gasteiger partial charge in [-0.05, 0) is 48.5 Å². The molecular weight excluding hydrogens is 369 g/mol. The molecule has 1 N–H and O–H groups in total. The van der Waals surface area contributed by atoms with Crippen molar-refractivity contribution >= 4 is 22.9 Å². The number of halogens is 1. The van der Waals surface area contributed by atoms with Gasteiger partial charge in [0.05, 0.1) is 0 Å². The standard InChI is InChI=1S/C19H14FN3O3S/c20-13-1-5-16(6-2-13)26-11-18-23-17(12-27-18)19(24)22-14-3-7-15(8-4-14)25-10-9-21/h1-8,12H,10-11H2,(H,22,24). The van der Waals surface area contributed by atoms with Gasteiger partial charge in [0.15, 0.2) is 6.61 Å². The van der Waals surface area contributed by atoms with Crippen molar-refractivity contribution in [1.29, 1.82) is 5.26 Å². The summed E-state index contributed by atoms with van der Waals surface area (Å²) >= 11 is 1.30. The van der Waals surface area contributed by atoms with E-state index in [4.69, 9.17) is 14.7 Å². The van der Waals surface area contributed by atoms with E-state index in [2.05, 4.69) is 10.3 Å². The maximum atomic E-state index is 12.9. The lowest BCUT2D eigenvalue weighted by Crippen LogP contribution is -2.12. The zero-order chi connectivity index (χ0) is 19.1. The summed E-state index contributed by atoms with van der Waals surface area (Å²) in [6.45, 7) is 0.155. The maximum Gasteiger partial charge on any atom is 0.275 e. The monoisotopic (exact) mass is 383 g/mol. The number of aromatic nitrogens is 1. The Balaban J connectivity index is 1.54. The molecule has 0 fully saturated rings. The molecule has 0 aliphatic rings. The van der Waals surface area contributed by atoms with Crippen molar-refractivity contribution < 1.29 is 18.7 Å². The van der Waals surface area contributed by atoms with Gasteiger partial charge in [-0.3, -0.25) is 4.79 Å². The van der Waals surface area contributed by atoms with Crippen LogP contribution in [-0.2, 0) is 6.61 Å². The lowest BCUT2D eigenvalue weighted by molar-refractivity contribution is 0.102. The van der Waals surface area contributed by atoms with E-state index in [1.807, 2.05) is 6.07 Å². The van der Waals surface area contributed by atoms with Crippen LogP contribution in [0.1, 0.15) is 15.5 Å². The van der Waals surface area contributed by atoms with E-state index in [1.54, 1.807) is 29.6 Å². The number of anilines is 1. The molecular formula is C19H14FN3O3S. The first-order chi connectivity index (χ1) is 13.1. The Kier molecular flexibility index (Phi) is 5.97. The fourth-order valence-corrected chi connectivity index (χ4v) is 2.79. The number of nitrogens with one attached hydrogen (secondary N) is 1. The van der Waals surface area contributed by atoms with Gasteiger partial charge in [-0.1, -0.05) is 0 Å². The Morgan fingerprint density at radius 2 is 1.78 bits per heavy atom. The van der Waals surface area contributed by atoms with Gasteiger partial charge in [0, 0.05) is 11.1 Å². The van der Waals surface area contributed by atoms with E-state index in [0.29, 0.717) is 22.2 Å². The molecule has 2 aromatic carbocycles. The summed E-state index contributed by atoms with van der Waals surface area (Å²) in [6, 6.07) is 14.2. The molecule has 0 radical (unpaired) electrons. The maximum absolute atomic E-state index is 12.9. The van der Waals surface area contributed by atoms with Gasteiger partial charge in [-0.15, -0.1) is 11.3 Å². The fraction of sp³-hybridized carbons (Fsp3) is 0.105. The predicted octanol–water partition coefficient (Wildman–Crippen LogP) is 4.02. The number of thiazole rings is 1. The molecule has 8 heteroatoms. The average molecular weight is 383 g/mol. The summed E-state index contributed by atoms with van der Waals surface area (Å²) < 4.78 is 23.5. The molecule has 3 aromatic rings. The average Bonchev–Trinajstić information content (AvgIpc) is 3.16. The number of benzene rings is 2. The topological polar surface area (TPSA) is 84.2 Å². The number of nitriles is 1. The zero-order valence-electron chi connectivity index (χ0n) is 14.0. The van der Waals surface area contributed by atoms with E-state index in [9.17, 15) is 9.18 Å². The van der Waals surface area contributed by atoms with E-state index < -0.39 is 0 Å². The molecule has 0 aliphatic carbocycles. The van der Waals surface area contributed by atoms with Crippen LogP contribution in [0.4, 0.5) is 10.1 Å². The van der Waals surface area contributed by atoms with Crippen molar-refractivity contribution in [1.82, 2.24) is 4.98 Å². The largest absolute Gasteiger partial charge is 0.486 e. The van der Waals surface area contributed by atoms with Gasteiger partial charge in [-0.2, -0.15) is 5.26 Å². The van der Waals surface area contributed by atoms with Crippen LogP contribution < -0.4 is 14.8 Å². The number of hydrogen-bond acceptors (Lipinski definition) is 6. The second-order valence-corrected chi connectivity index (χ2v) is 6.24. The van der Waals surface area contributed by atoms with E-state index in [0.717, 1.165) is 0 Å². The summed E-state index contributed by atoms with van der Waals surface area (Å²) in [6.07, 6.45) is 0. The lowest BCUT2D eigenvalue weighted by Gasteiger charge is -2.05. The molecule has 0 unspecified atom stereocenters. The summed E-state index contributed by atoms with van der Waals surface area (Å²) in [7, 11) is 0. The summed E-state index contributed by atoms with van der Waals surface area (Å²) in [5.41, 5.74) is 0.865. The van der Waals surface area contributed by atoms with Crippen molar-refractivity contribution in [2.75, 3.05) is 11.9 Å². The number of nitrogens with zero attached hydrogens (tertiary/aromatic N) is 2. The molecule has 136 valence electrons. The molecule has 0 saturated carbocycles. The number of carbonyl (C=O) groups is 1. The Morgan fingerprint density at radius 1 is 1.11 bits per heavy atom. The van der Waals surface area contributed by atoms with Gasteiger partial charge in [0.1, 0.15) is 40.7 Å². The number of rotatable bonds is 7. The molecule has 1 amide bonds. The third-order valence-corrected chi connectivity index (χ3v) is 4.20. The Labute approximate surface area is 158 Å². The smallest absolute Gasteiger partial charge is 0.275 e. The Morgan fingerprint density at radius 3 is 2.48 bits per heavy atom. The second kappa shape index (κ2) is 8.78. The predicted molar refractivity (Wildman–Crippen MR) is 98.3 cm³/mol. The molecule has 27 heavy (non-hydrogen) atoms. The van der Waals surface area contributed by atoms with Gasteiger partial charge in [-0.25, -0.2) is 9.37 Å². The van der Waals surface area contributed by atoms with Crippen molar-refractivity contribution in [3.05, 3.63) is 70.4 Å². The minimum absolute atomic E-state index is 0.0344. The molecule has 0 aliphatic heterocycles. The molecule has 3 rings (SSSR count). The Bertz CT molecular complexity index is 950. The van der Waals surface area contributed by atoms with Crippen molar-refractivity contribution in [2.24, 2.45) is 0 Å². The molecule has 0 bridgehead atoms. The zero-order valence-corrected chi connectivity index (χ0v) is 14.8. The van der Waals surface area contributed by atoms with Gasteiger partial charge in [0.25, 0.3) is 5.91 Å². The van der Waals surface area contributed by atoms with Crippen LogP contribution in [0.15, 0.2) is 53.9 Å². The molecule has 1 heterocycles. The van der Waals surface area contributed by atoms with Gasteiger partial charge in [0.2, 0.25) is 0 Å². The van der Waals surface area contributed by atoms with Crippen LogP contribution in [-0.4, -0.2) is 17.5 Å². The van der Waals surface area contributed by atoms with Crippen LogP contribution in [0.2, 0.25) is 0 Å². The SMILES string of the molecule is N#CCOc1ccc(NC(=O)c2csc(COc3ccc(F)cc3)n2)cc1. The van der Waals surface area contributed by atoms with Gasteiger partial charge >= 0.3 is 0 Å². The van der Waals surface area contributed by atoms with E-state index in [-0.39, 0.29) is 30.6 Å². The first-order valence-electron chi connectivity index (χ1n) is 7.88. The molecule has 6 nitrogen and oxygen atoms in total.